The topological polar surface area (TPSA) is 82.3 Å². The van der Waals surface area contributed by atoms with Crippen molar-refractivity contribution in [1.82, 2.24) is 9.97 Å². The van der Waals surface area contributed by atoms with Crippen molar-refractivity contribution in [3.63, 3.8) is 0 Å². The van der Waals surface area contributed by atoms with E-state index in [0.29, 0.717) is 11.6 Å². The molecule has 6 heteroatoms. The Morgan fingerprint density at radius 1 is 0.913 bits per heavy atom. The summed E-state index contributed by atoms with van der Waals surface area (Å²) in [6.45, 7) is 0.247. The predicted octanol–water partition coefficient (Wildman–Crippen LogP) is 3.20. The zero-order valence-electron chi connectivity index (χ0n) is 12.2. The van der Waals surface area contributed by atoms with Gasteiger partial charge in [0.1, 0.15) is 5.82 Å². The van der Waals surface area contributed by atoms with Crippen molar-refractivity contribution >= 4 is 17.5 Å². The number of nitrogens with one attached hydrogen (secondary N) is 1. The quantitative estimate of drug-likeness (QED) is 0.773. The van der Waals surface area contributed by atoms with Crippen molar-refractivity contribution in [2.75, 3.05) is 17.8 Å². The number of rotatable bonds is 3. The van der Waals surface area contributed by atoms with E-state index < -0.39 is 0 Å². The first-order chi connectivity index (χ1) is 11.3. The first-order valence-electron chi connectivity index (χ1n) is 7.14. The number of hydrogen-bond acceptors (Lipinski definition) is 6. The van der Waals surface area contributed by atoms with Gasteiger partial charge in [0.2, 0.25) is 12.7 Å². The van der Waals surface area contributed by atoms with Gasteiger partial charge in [-0.1, -0.05) is 30.3 Å². The Morgan fingerprint density at radius 3 is 2.61 bits per heavy atom. The number of ether oxygens (including phenoxy) is 2. The summed E-state index contributed by atoms with van der Waals surface area (Å²) in [5.74, 6) is 2.29. The lowest BCUT2D eigenvalue weighted by Gasteiger charge is -2.09. The molecular formula is C17H14N4O2. The summed E-state index contributed by atoms with van der Waals surface area (Å²) in [5.41, 5.74) is 8.42. The molecule has 0 saturated carbocycles. The van der Waals surface area contributed by atoms with Crippen LogP contribution in [0.5, 0.6) is 11.5 Å². The molecule has 114 valence electrons. The molecule has 0 amide bonds. The largest absolute Gasteiger partial charge is 0.454 e. The number of hydrogen-bond donors (Lipinski definition) is 2. The van der Waals surface area contributed by atoms with Crippen LogP contribution in [0.3, 0.4) is 0 Å². The van der Waals surface area contributed by atoms with E-state index in [-0.39, 0.29) is 12.7 Å². The van der Waals surface area contributed by atoms with Gasteiger partial charge in [-0.3, -0.25) is 0 Å². The standard InChI is InChI=1S/C17H14N4O2/c18-17-20-13(11-4-2-1-3-5-11)9-16(21-17)19-12-6-7-14-15(8-12)23-10-22-14/h1-9H,10H2,(H3,18,19,20,21). The van der Waals surface area contributed by atoms with E-state index in [1.807, 2.05) is 54.6 Å². The molecule has 2 aromatic carbocycles. The van der Waals surface area contributed by atoms with Crippen LogP contribution in [-0.4, -0.2) is 16.8 Å². The molecule has 0 saturated heterocycles. The first kappa shape index (κ1) is 13.4. The molecule has 3 aromatic rings. The summed E-state index contributed by atoms with van der Waals surface area (Å²) in [4.78, 5) is 8.52. The predicted molar refractivity (Wildman–Crippen MR) is 87.7 cm³/mol. The smallest absolute Gasteiger partial charge is 0.231 e. The molecule has 23 heavy (non-hydrogen) atoms. The third-order valence-electron chi connectivity index (χ3n) is 3.46. The lowest BCUT2D eigenvalue weighted by molar-refractivity contribution is 0.174. The van der Waals surface area contributed by atoms with Crippen molar-refractivity contribution in [2.24, 2.45) is 0 Å². The molecule has 0 spiro atoms. The number of nitrogens with zero attached hydrogens (tertiary/aromatic N) is 2. The van der Waals surface area contributed by atoms with E-state index in [2.05, 4.69) is 15.3 Å². The second-order valence-corrected chi connectivity index (χ2v) is 5.06. The van der Waals surface area contributed by atoms with Crippen molar-refractivity contribution < 1.29 is 9.47 Å². The van der Waals surface area contributed by atoms with Gasteiger partial charge in [-0.15, -0.1) is 0 Å². The fourth-order valence-corrected chi connectivity index (χ4v) is 2.41. The van der Waals surface area contributed by atoms with Crippen LogP contribution in [0, 0.1) is 0 Å². The molecular weight excluding hydrogens is 292 g/mol. The molecule has 2 heterocycles. The zero-order valence-corrected chi connectivity index (χ0v) is 12.2. The van der Waals surface area contributed by atoms with Gasteiger partial charge in [0.25, 0.3) is 0 Å². The van der Waals surface area contributed by atoms with Crippen molar-refractivity contribution in [3.05, 3.63) is 54.6 Å². The number of nitrogen functional groups attached to an aromatic ring is 1. The monoisotopic (exact) mass is 306 g/mol. The van der Waals surface area contributed by atoms with E-state index in [4.69, 9.17) is 15.2 Å². The Morgan fingerprint density at radius 2 is 1.74 bits per heavy atom. The minimum Gasteiger partial charge on any atom is -0.454 e. The summed E-state index contributed by atoms with van der Waals surface area (Å²) in [5, 5.41) is 3.22. The molecule has 1 aliphatic rings. The van der Waals surface area contributed by atoms with Gasteiger partial charge in [-0.2, -0.15) is 4.98 Å². The van der Waals surface area contributed by atoms with Crippen LogP contribution in [0.4, 0.5) is 17.5 Å². The zero-order chi connectivity index (χ0) is 15.6. The van der Waals surface area contributed by atoms with Gasteiger partial charge in [-0.05, 0) is 12.1 Å². The van der Waals surface area contributed by atoms with Gasteiger partial charge < -0.3 is 20.5 Å². The lowest BCUT2D eigenvalue weighted by atomic mass is 10.1. The van der Waals surface area contributed by atoms with Crippen LogP contribution >= 0.6 is 0 Å². The van der Waals surface area contributed by atoms with Crippen LogP contribution in [0.25, 0.3) is 11.3 Å². The van der Waals surface area contributed by atoms with Crippen LogP contribution in [0.1, 0.15) is 0 Å². The number of fused-ring (bicyclic) bond motifs is 1. The molecule has 0 atom stereocenters. The Hall–Kier alpha value is -3.28. The molecule has 0 fully saturated rings. The van der Waals surface area contributed by atoms with Crippen LogP contribution in [0.2, 0.25) is 0 Å². The summed E-state index contributed by atoms with van der Waals surface area (Å²) in [6.07, 6.45) is 0. The van der Waals surface area contributed by atoms with Gasteiger partial charge in [-0.25, -0.2) is 4.98 Å². The molecule has 1 aliphatic heterocycles. The molecule has 0 unspecified atom stereocenters. The third-order valence-corrected chi connectivity index (χ3v) is 3.46. The summed E-state index contributed by atoms with van der Waals surface area (Å²) >= 11 is 0. The average molecular weight is 306 g/mol. The highest BCUT2D eigenvalue weighted by molar-refractivity contribution is 5.68. The van der Waals surface area contributed by atoms with Gasteiger partial charge in [0.05, 0.1) is 5.69 Å². The number of anilines is 3. The lowest BCUT2D eigenvalue weighted by Crippen LogP contribution is -2.01. The molecule has 3 N–H and O–H groups in total. The third kappa shape index (κ3) is 2.74. The van der Waals surface area contributed by atoms with Crippen LogP contribution in [-0.2, 0) is 0 Å². The maximum Gasteiger partial charge on any atom is 0.231 e. The number of aromatic nitrogens is 2. The molecule has 0 radical (unpaired) electrons. The summed E-state index contributed by atoms with van der Waals surface area (Å²) in [7, 11) is 0. The highest BCUT2D eigenvalue weighted by Gasteiger charge is 2.13. The maximum absolute atomic E-state index is 5.83. The average Bonchev–Trinajstić information content (AvgIpc) is 3.03. The van der Waals surface area contributed by atoms with Gasteiger partial charge in [0, 0.05) is 23.4 Å². The van der Waals surface area contributed by atoms with E-state index in [1.54, 1.807) is 0 Å². The Bertz CT molecular complexity index is 852. The van der Waals surface area contributed by atoms with Gasteiger partial charge >= 0.3 is 0 Å². The second kappa shape index (κ2) is 5.49. The van der Waals surface area contributed by atoms with Gasteiger partial charge in [0.15, 0.2) is 11.5 Å². The highest BCUT2D eigenvalue weighted by Crippen LogP contribution is 2.35. The molecule has 0 aliphatic carbocycles. The fraction of sp³-hybridized carbons (Fsp3) is 0.0588. The number of benzene rings is 2. The summed E-state index contributed by atoms with van der Waals surface area (Å²) < 4.78 is 10.7. The first-order valence-corrected chi connectivity index (χ1v) is 7.14. The highest BCUT2D eigenvalue weighted by atomic mass is 16.7. The Balaban J connectivity index is 1.65. The van der Waals surface area contributed by atoms with Crippen LogP contribution in [0.15, 0.2) is 54.6 Å². The normalized spacial score (nSPS) is 12.2. The number of nitrogens with two attached hydrogens (primary N) is 1. The minimum absolute atomic E-state index is 0.217. The summed E-state index contributed by atoms with van der Waals surface area (Å²) in [6, 6.07) is 17.3. The Kier molecular flexibility index (Phi) is 3.20. The van der Waals surface area contributed by atoms with Crippen molar-refractivity contribution in [3.8, 4) is 22.8 Å². The SMILES string of the molecule is Nc1nc(Nc2ccc3c(c2)OCO3)cc(-c2ccccc2)n1. The second-order valence-electron chi connectivity index (χ2n) is 5.06. The van der Waals surface area contributed by atoms with Crippen molar-refractivity contribution in [1.29, 1.82) is 0 Å². The van der Waals surface area contributed by atoms with E-state index >= 15 is 0 Å². The fourth-order valence-electron chi connectivity index (χ4n) is 2.41. The molecule has 4 rings (SSSR count). The van der Waals surface area contributed by atoms with E-state index in [1.165, 1.54) is 0 Å². The van der Waals surface area contributed by atoms with Crippen LogP contribution < -0.4 is 20.5 Å². The molecule has 0 bridgehead atoms. The van der Waals surface area contributed by atoms with Crippen molar-refractivity contribution in [2.45, 2.75) is 0 Å². The molecule has 6 nitrogen and oxygen atoms in total. The maximum atomic E-state index is 5.83. The molecule has 1 aromatic heterocycles. The minimum atomic E-state index is 0.217. The van der Waals surface area contributed by atoms with E-state index in [9.17, 15) is 0 Å². The van der Waals surface area contributed by atoms with E-state index in [0.717, 1.165) is 22.7 Å². The Labute approximate surface area is 132 Å².